The predicted octanol–water partition coefficient (Wildman–Crippen LogP) is 1.51. The van der Waals surface area contributed by atoms with Gasteiger partial charge in [-0.2, -0.15) is 0 Å². The summed E-state index contributed by atoms with van der Waals surface area (Å²) >= 11 is 0. The number of hydrogen-bond donors (Lipinski definition) is 0. The molecule has 1 saturated heterocycles. The van der Waals surface area contributed by atoms with E-state index >= 15 is 0 Å². The van der Waals surface area contributed by atoms with E-state index in [0.717, 1.165) is 11.8 Å². The summed E-state index contributed by atoms with van der Waals surface area (Å²) in [5.41, 5.74) is 0. The zero-order valence-corrected chi connectivity index (χ0v) is 5.84. The Bertz CT molecular complexity index is 99.1. The van der Waals surface area contributed by atoms with Gasteiger partial charge in [0.1, 0.15) is 0 Å². The van der Waals surface area contributed by atoms with Crippen molar-refractivity contribution in [3.05, 3.63) is 7.05 Å². The largest absolute Gasteiger partial charge is 0.459 e. The van der Waals surface area contributed by atoms with Crippen LogP contribution in [0.1, 0.15) is 19.3 Å². The summed E-state index contributed by atoms with van der Waals surface area (Å²) < 4.78 is 0. The SMILES string of the molecule is [CH2-]N1CC2CCCC2C1. The minimum absolute atomic E-state index is 1.02. The first-order valence-electron chi connectivity index (χ1n) is 3.92. The molecule has 0 amide bonds. The lowest BCUT2D eigenvalue weighted by Gasteiger charge is -2.16. The number of rotatable bonds is 0. The molecule has 1 heteroatoms. The number of hydrogen-bond acceptors (Lipinski definition) is 1. The first-order valence-corrected chi connectivity index (χ1v) is 3.92. The summed E-state index contributed by atoms with van der Waals surface area (Å²) in [6, 6.07) is 0. The quantitative estimate of drug-likeness (QED) is 0.442. The van der Waals surface area contributed by atoms with Crippen LogP contribution in [0.25, 0.3) is 0 Å². The molecule has 1 heterocycles. The fourth-order valence-electron chi connectivity index (χ4n) is 2.33. The van der Waals surface area contributed by atoms with Gasteiger partial charge in [0.25, 0.3) is 0 Å². The van der Waals surface area contributed by atoms with Crippen molar-refractivity contribution >= 4 is 0 Å². The first-order chi connectivity index (χ1) is 4.36. The van der Waals surface area contributed by atoms with Gasteiger partial charge in [0.2, 0.25) is 0 Å². The Kier molecular flexibility index (Phi) is 1.26. The van der Waals surface area contributed by atoms with Crippen molar-refractivity contribution in [1.29, 1.82) is 0 Å². The Morgan fingerprint density at radius 2 is 1.67 bits per heavy atom. The Morgan fingerprint density at radius 1 is 1.11 bits per heavy atom. The molecule has 1 nitrogen and oxygen atoms in total. The minimum Gasteiger partial charge on any atom is -0.459 e. The van der Waals surface area contributed by atoms with Gasteiger partial charge in [-0.05, 0) is 37.8 Å². The lowest BCUT2D eigenvalue weighted by molar-refractivity contribution is 0.416. The van der Waals surface area contributed by atoms with Gasteiger partial charge in [-0.1, -0.05) is 6.42 Å². The van der Waals surface area contributed by atoms with E-state index in [4.69, 9.17) is 0 Å². The third-order valence-corrected chi connectivity index (χ3v) is 2.80. The van der Waals surface area contributed by atoms with Gasteiger partial charge in [-0.15, -0.1) is 0 Å². The molecule has 2 fully saturated rings. The maximum atomic E-state index is 3.95. The Labute approximate surface area is 57.0 Å². The molecule has 0 aromatic carbocycles. The molecular weight excluding hydrogens is 110 g/mol. The molecule has 0 bridgehead atoms. The predicted molar refractivity (Wildman–Crippen MR) is 37.8 cm³/mol. The lowest BCUT2D eigenvalue weighted by atomic mass is 10.0. The summed E-state index contributed by atoms with van der Waals surface area (Å²) in [4.78, 5) is 2.23. The fourth-order valence-corrected chi connectivity index (χ4v) is 2.33. The average Bonchev–Trinajstić information content (AvgIpc) is 2.22. The highest BCUT2D eigenvalue weighted by atomic mass is 15.1. The maximum absolute atomic E-state index is 3.95. The smallest absolute Gasteiger partial charge is 0.0271 e. The number of likely N-dealkylation sites (tertiary alicyclic amines) is 1. The third kappa shape index (κ3) is 0.877. The van der Waals surface area contributed by atoms with Gasteiger partial charge in [0.05, 0.1) is 0 Å². The normalized spacial score (nSPS) is 43.7. The van der Waals surface area contributed by atoms with E-state index in [9.17, 15) is 0 Å². The molecule has 1 saturated carbocycles. The van der Waals surface area contributed by atoms with E-state index in [0.29, 0.717) is 0 Å². The van der Waals surface area contributed by atoms with Crippen LogP contribution in [0.2, 0.25) is 0 Å². The molecule has 0 aromatic heterocycles. The van der Waals surface area contributed by atoms with Crippen molar-refractivity contribution in [3.63, 3.8) is 0 Å². The van der Waals surface area contributed by atoms with Crippen LogP contribution in [0.15, 0.2) is 0 Å². The van der Waals surface area contributed by atoms with Crippen LogP contribution in [-0.2, 0) is 0 Å². The summed E-state index contributed by atoms with van der Waals surface area (Å²) in [6.45, 7) is 2.54. The third-order valence-electron chi connectivity index (χ3n) is 2.80. The van der Waals surface area contributed by atoms with Crippen molar-refractivity contribution in [3.8, 4) is 0 Å². The van der Waals surface area contributed by atoms with E-state index in [1.54, 1.807) is 0 Å². The van der Waals surface area contributed by atoms with E-state index in [2.05, 4.69) is 11.9 Å². The Hall–Kier alpha value is -0.0400. The van der Waals surface area contributed by atoms with E-state index in [1.807, 2.05) is 0 Å². The van der Waals surface area contributed by atoms with Crippen molar-refractivity contribution in [2.24, 2.45) is 11.8 Å². The van der Waals surface area contributed by atoms with Crippen LogP contribution in [0.5, 0.6) is 0 Å². The zero-order valence-electron chi connectivity index (χ0n) is 5.84. The van der Waals surface area contributed by atoms with Crippen molar-refractivity contribution in [2.45, 2.75) is 19.3 Å². The molecule has 0 spiro atoms. The molecule has 2 atom stereocenters. The van der Waals surface area contributed by atoms with Gasteiger partial charge in [0, 0.05) is 0 Å². The molecule has 2 aliphatic rings. The molecule has 9 heavy (non-hydrogen) atoms. The molecule has 52 valence electrons. The molecule has 2 rings (SSSR count). The molecule has 2 unspecified atom stereocenters. The van der Waals surface area contributed by atoms with Crippen LogP contribution in [-0.4, -0.2) is 18.0 Å². The highest BCUT2D eigenvalue weighted by Crippen LogP contribution is 2.36. The van der Waals surface area contributed by atoms with Crippen LogP contribution < -0.4 is 0 Å². The van der Waals surface area contributed by atoms with Crippen molar-refractivity contribution < 1.29 is 0 Å². The van der Waals surface area contributed by atoms with Gasteiger partial charge in [-0.25, -0.2) is 0 Å². The van der Waals surface area contributed by atoms with Gasteiger partial charge >= 0.3 is 0 Å². The molecule has 0 radical (unpaired) electrons. The highest BCUT2D eigenvalue weighted by Gasteiger charge is 2.31. The molecule has 0 aromatic rings. The average molecular weight is 124 g/mol. The Morgan fingerprint density at radius 3 is 2.22 bits per heavy atom. The van der Waals surface area contributed by atoms with E-state index in [1.165, 1.54) is 32.4 Å². The fraction of sp³-hybridized carbons (Fsp3) is 0.875. The van der Waals surface area contributed by atoms with Crippen LogP contribution in [0.4, 0.5) is 0 Å². The van der Waals surface area contributed by atoms with Gasteiger partial charge < -0.3 is 4.90 Å². The van der Waals surface area contributed by atoms with Crippen molar-refractivity contribution in [2.75, 3.05) is 13.1 Å². The summed E-state index contributed by atoms with van der Waals surface area (Å²) in [6.07, 6.45) is 4.41. The van der Waals surface area contributed by atoms with Crippen LogP contribution >= 0.6 is 0 Å². The zero-order chi connectivity index (χ0) is 6.27. The monoisotopic (exact) mass is 124 g/mol. The summed E-state index contributed by atoms with van der Waals surface area (Å²) in [5, 5.41) is 0. The molecule has 0 N–H and O–H groups in total. The van der Waals surface area contributed by atoms with E-state index < -0.39 is 0 Å². The second-order valence-corrected chi connectivity index (χ2v) is 3.49. The Balaban J connectivity index is 2.02. The second-order valence-electron chi connectivity index (χ2n) is 3.49. The summed E-state index contributed by atoms with van der Waals surface area (Å²) in [5.74, 6) is 2.03. The lowest BCUT2D eigenvalue weighted by Crippen LogP contribution is -2.11. The van der Waals surface area contributed by atoms with Crippen LogP contribution in [0, 0.1) is 18.9 Å². The van der Waals surface area contributed by atoms with Gasteiger partial charge in [-0.3, -0.25) is 7.05 Å². The number of nitrogens with zero attached hydrogens (tertiary/aromatic N) is 1. The second kappa shape index (κ2) is 1.98. The number of fused-ring (bicyclic) bond motifs is 1. The highest BCUT2D eigenvalue weighted by molar-refractivity contribution is 4.87. The van der Waals surface area contributed by atoms with E-state index in [-0.39, 0.29) is 0 Å². The summed E-state index contributed by atoms with van der Waals surface area (Å²) in [7, 11) is 3.95. The molecule has 1 aliphatic heterocycles. The molecule has 1 aliphatic carbocycles. The standard InChI is InChI=1S/C8H14N/c1-9-5-7-3-2-4-8(7)6-9/h7-8H,1-6H2/q-1. The maximum Gasteiger partial charge on any atom is -0.0271 e. The van der Waals surface area contributed by atoms with Crippen molar-refractivity contribution in [1.82, 2.24) is 4.90 Å². The van der Waals surface area contributed by atoms with Crippen LogP contribution in [0.3, 0.4) is 0 Å². The first kappa shape index (κ1) is 5.72. The topological polar surface area (TPSA) is 3.24 Å². The minimum atomic E-state index is 1.02. The molecular formula is C8H14N-. The van der Waals surface area contributed by atoms with Gasteiger partial charge in [0.15, 0.2) is 0 Å².